The summed E-state index contributed by atoms with van der Waals surface area (Å²) in [5.74, 6) is 2.09. The van der Waals surface area contributed by atoms with Crippen LogP contribution in [0.3, 0.4) is 0 Å². The minimum Gasteiger partial charge on any atom is -0.462 e. The first-order chi connectivity index (χ1) is 16.0. The molecule has 3 aliphatic rings. The van der Waals surface area contributed by atoms with E-state index in [1.54, 1.807) is 12.1 Å². The smallest absolute Gasteiger partial charge is 0.343 e. The first-order valence-electron chi connectivity index (χ1n) is 12.6. The van der Waals surface area contributed by atoms with Crippen molar-refractivity contribution in [3.05, 3.63) is 65.2 Å². The van der Waals surface area contributed by atoms with Gasteiger partial charge in [-0.05, 0) is 98.1 Å². The van der Waals surface area contributed by atoms with Crippen LogP contribution in [0.1, 0.15) is 86.2 Å². The summed E-state index contributed by atoms with van der Waals surface area (Å²) in [5.41, 5.74) is 3.42. The molecule has 0 aliphatic heterocycles. The fourth-order valence-corrected chi connectivity index (χ4v) is 6.93. The van der Waals surface area contributed by atoms with Crippen LogP contribution < -0.4 is 4.74 Å². The molecule has 4 nitrogen and oxygen atoms in total. The predicted molar refractivity (Wildman–Crippen MR) is 127 cm³/mol. The van der Waals surface area contributed by atoms with Crippen LogP contribution in [0.25, 0.3) is 0 Å². The van der Waals surface area contributed by atoms with E-state index in [-0.39, 0.29) is 23.5 Å². The maximum Gasteiger partial charge on any atom is 0.343 e. The van der Waals surface area contributed by atoms with Gasteiger partial charge >= 0.3 is 11.9 Å². The third kappa shape index (κ3) is 4.09. The van der Waals surface area contributed by atoms with Crippen molar-refractivity contribution in [2.24, 2.45) is 17.3 Å². The molecule has 2 saturated carbocycles. The van der Waals surface area contributed by atoms with Gasteiger partial charge in [0, 0.05) is 11.8 Å². The van der Waals surface area contributed by atoms with Crippen molar-refractivity contribution in [3.63, 3.8) is 0 Å². The van der Waals surface area contributed by atoms with Crippen LogP contribution in [0.5, 0.6) is 5.75 Å². The Balaban J connectivity index is 1.31. The normalized spacial score (nSPS) is 30.0. The number of esters is 2. The van der Waals surface area contributed by atoms with E-state index in [9.17, 15) is 9.59 Å². The van der Waals surface area contributed by atoms with E-state index in [1.807, 2.05) is 31.2 Å². The second-order valence-electron chi connectivity index (χ2n) is 10.4. The van der Waals surface area contributed by atoms with Gasteiger partial charge in [0.2, 0.25) is 0 Å². The number of aryl methyl sites for hydroxylation is 1. The molecule has 0 spiro atoms. The van der Waals surface area contributed by atoms with E-state index in [0.717, 1.165) is 44.9 Å². The van der Waals surface area contributed by atoms with Gasteiger partial charge in [-0.15, -0.1) is 0 Å². The number of benzene rings is 2. The zero-order valence-corrected chi connectivity index (χ0v) is 19.7. The van der Waals surface area contributed by atoms with Crippen LogP contribution in [-0.4, -0.2) is 18.0 Å². The largest absolute Gasteiger partial charge is 0.462 e. The summed E-state index contributed by atoms with van der Waals surface area (Å²) in [5, 5.41) is 0. The van der Waals surface area contributed by atoms with Crippen LogP contribution in [0.4, 0.5) is 0 Å². The fraction of sp³-hybridized carbons (Fsp3) is 0.517. The quantitative estimate of drug-likeness (QED) is 0.390. The minimum atomic E-state index is -0.313. The predicted octanol–water partition coefficient (Wildman–Crippen LogP) is 6.47. The third-order valence-corrected chi connectivity index (χ3v) is 8.56. The molecule has 2 aromatic rings. The van der Waals surface area contributed by atoms with E-state index >= 15 is 0 Å². The lowest BCUT2D eigenvalue weighted by Gasteiger charge is -2.50. The maximum absolute atomic E-state index is 12.5. The van der Waals surface area contributed by atoms with Crippen LogP contribution >= 0.6 is 0 Å². The summed E-state index contributed by atoms with van der Waals surface area (Å²) >= 11 is 0. The Hall–Kier alpha value is -2.62. The monoisotopic (exact) mass is 446 g/mol. The molecule has 5 atom stereocenters. The average Bonchev–Trinajstić information content (AvgIpc) is 3.15. The Morgan fingerprint density at radius 2 is 1.85 bits per heavy atom. The molecule has 0 radical (unpaired) electrons. The molecule has 3 aliphatic carbocycles. The van der Waals surface area contributed by atoms with Gasteiger partial charge in [0.15, 0.2) is 0 Å². The van der Waals surface area contributed by atoms with E-state index in [0.29, 0.717) is 35.5 Å². The summed E-state index contributed by atoms with van der Waals surface area (Å²) in [7, 11) is 0. The zero-order valence-electron chi connectivity index (χ0n) is 19.7. The number of fused-ring (bicyclic) bond motifs is 5. The van der Waals surface area contributed by atoms with Crippen molar-refractivity contribution in [2.45, 2.75) is 77.2 Å². The Bertz CT molecular complexity index is 1030. The molecular formula is C29H34O4. The fourth-order valence-electron chi connectivity index (χ4n) is 6.93. The number of ether oxygens (including phenoxy) is 2. The van der Waals surface area contributed by atoms with Gasteiger partial charge in [0.25, 0.3) is 0 Å². The third-order valence-electron chi connectivity index (χ3n) is 8.56. The number of carbonyl (C=O) groups is 2. The molecule has 0 N–H and O–H groups in total. The van der Waals surface area contributed by atoms with Gasteiger partial charge in [-0.3, -0.25) is 4.79 Å². The SMILES string of the molecule is CCCC(=O)OC1CCC2C3CCc4cc(OC(=O)c5ccccc5)ccc4C3CCC12C. The van der Waals surface area contributed by atoms with Crippen LogP contribution in [0.15, 0.2) is 48.5 Å². The van der Waals surface area contributed by atoms with Crippen molar-refractivity contribution in [2.75, 3.05) is 0 Å². The van der Waals surface area contributed by atoms with Crippen molar-refractivity contribution in [3.8, 4) is 5.75 Å². The topological polar surface area (TPSA) is 52.6 Å². The zero-order chi connectivity index (χ0) is 23.0. The number of hydrogen-bond donors (Lipinski definition) is 0. The molecule has 0 saturated heterocycles. The van der Waals surface area contributed by atoms with Gasteiger partial charge in [-0.25, -0.2) is 4.79 Å². The van der Waals surface area contributed by atoms with E-state index in [2.05, 4.69) is 19.1 Å². The summed E-state index contributed by atoms with van der Waals surface area (Å²) in [6.07, 6.45) is 8.00. The van der Waals surface area contributed by atoms with Gasteiger partial charge in [-0.1, -0.05) is 38.1 Å². The molecule has 2 fully saturated rings. The van der Waals surface area contributed by atoms with Crippen LogP contribution in [-0.2, 0) is 16.0 Å². The highest BCUT2D eigenvalue weighted by atomic mass is 16.5. The summed E-state index contributed by atoms with van der Waals surface area (Å²) in [4.78, 5) is 24.7. The molecule has 2 aromatic carbocycles. The van der Waals surface area contributed by atoms with Crippen LogP contribution in [0.2, 0.25) is 0 Å². The molecule has 0 bridgehead atoms. The average molecular weight is 447 g/mol. The van der Waals surface area contributed by atoms with Crippen molar-refractivity contribution in [1.82, 2.24) is 0 Å². The Kier molecular flexibility index (Phi) is 6.03. The molecule has 4 heteroatoms. The maximum atomic E-state index is 12.5. The molecule has 0 amide bonds. The van der Waals surface area contributed by atoms with Gasteiger partial charge in [-0.2, -0.15) is 0 Å². The van der Waals surface area contributed by atoms with Gasteiger partial charge < -0.3 is 9.47 Å². The molecule has 5 unspecified atom stereocenters. The van der Waals surface area contributed by atoms with E-state index in [1.165, 1.54) is 11.1 Å². The number of carbonyl (C=O) groups excluding carboxylic acids is 2. The lowest BCUT2D eigenvalue weighted by atomic mass is 9.55. The Morgan fingerprint density at radius 3 is 2.64 bits per heavy atom. The Labute approximate surface area is 196 Å². The molecule has 5 rings (SSSR count). The van der Waals surface area contributed by atoms with Crippen LogP contribution in [0, 0.1) is 17.3 Å². The summed E-state index contributed by atoms with van der Waals surface area (Å²) in [6, 6.07) is 15.4. The molecule has 33 heavy (non-hydrogen) atoms. The van der Waals surface area contributed by atoms with Crippen molar-refractivity contribution in [1.29, 1.82) is 0 Å². The highest BCUT2D eigenvalue weighted by molar-refractivity contribution is 5.91. The second kappa shape index (κ2) is 8.96. The summed E-state index contributed by atoms with van der Waals surface area (Å²) < 4.78 is 11.6. The number of rotatable bonds is 5. The Morgan fingerprint density at radius 1 is 1.03 bits per heavy atom. The van der Waals surface area contributed by atoms with Crippen molar-refractivity contribution < 1.29 is 19.1 Å². The van der Waals surface area contributed by atoms with E-state index in [4.69, 9.17) is 9.47 Å². The highest BCUT2D eigenvalue weighted by Gasteiger charge is 2.56. The minimum absolute atomic E-state index is 0.0296. The van der Waals surface area contributed by atoms with Gasteiger partial charge in [0.05, 0.1) is 5.56 Å². The van der Waals surface area contributed by atoms with Gasteiger partial charge in [0.1, 0.15) is 11.9 Å². The first-order valence-corrected chi connectivity index (χ1v) is 12.6. The lowest BCUT2D eigenvalue weighted by molar-refractivity contribution is -0.157. The summed E-state index contributed by atoms with van der Waals surface area (Å²) in [6.45, 7) is 4.39. The van der Waals surface area contributed by atoms with E-state index < -0.39 is 0 Å². The number of hydrogen-bond acceptors (Lipinski definition) is 4. The standard InChI is InChI=1S/C29H34O4/c1-3-7-27(30)33-26-15-14-25-24-12-10-20-18-21(32-28(31)19-8-5-4-6-9-19)11-13-22(20)23(24)16-17-29(25,26)2/h4-6,8-9,11,13,18,23-26H,3,7,10,12,14-17H2,1-2H3. The molecule has 174 valence electrons. The molecule has 0 heterocycles. The lowest BCUT2D eigenvalue weighted by Crippen LogP contribution is -2.45. The van der Waals surface area contributed by atoms with Crippen molar-refractivity contribution >= 4 is 11.9 Å². The molecular weight excluding hydrogens is 412 g/mol. The molecule has 0 aromatic heterocycles. The second-order valence-corrected chi connectivity index (χ2v) is 10.4. The highest BCUT2D eigenvalue weighted by Crippen LogP contribution is 2.61. The first kappa shape index (κ1) is 22.2.